The third-order valence-electron chi connectivity index (χ3n) is 5.41. The summed E-state index contributed by atoms with van der Waals surface area (Å²) in [6.45, 7) is 3.49. The Hall–Kier alpha value is -1.59. The van der Waals surface area contributed by atoms with Crippen molar-refractivity contribution in [2.75, 3.05) is 13.2 Å². The molecule has 2 atom stereocenters. The zero-order valence-electron chi connectivity index (χ0n) is 15.0. The summed E-state index contributed by atoms with van der Waals surface area (Å²) in [6, 6.07) is 8.56. The van der Waals surface area contributed by atoms with E-state index in [-0.39, 0.29) is 24.3 Å². The number of ether oxygens (including phenoxy) is 1. The van der Waals surface area contributed by atoms with Gasteiger partial charge in [0.25, 0.3) is 0 Å². The Balaban J connectivity index is 1.50. The number of benzene rings is 1. The van der Waals surface area contributed by atoms with Crippen LogP contribution < -0.4 is 10.6 Å². The van der Waals surface area contributed by atoms with Crippen LogP contribution in [0.15, 0.2) is 24.3 Å². The van der Waals surface area contributed by atoms with Crippen molar-refractivity contribution in [2.24, 2.45) is 5.92 Å². The lowest BCUT2D eigenvalue weighted by Crippen LogP contribution is -2.46. The van der Waals surface area contributed by atoms with Gasteiger partial charge in [-0.15, -0.1) is 0 Å². The highest BCUT2D eigenvalue weighted by Gasteiger charge is 2.28. The maximum atomic E-state index is 12.2. The van der Waals surface area contributed by atoms with E-state index in [1.54, 1.807) is 0 Å². The lowest BCUT2D eigenvalue weighted by Gasteiger charge is -2.33. The van der Waals surface area contributed by atoms with Gasteiger partial charge in [-0.3, -0.25) is 0 Å². The van der Waals surface area contributed by atoms with E-state index in [2.05, 4.69) is 41.8 Å². The number of aliphatic hydroxyl groups excluding tert-OH is 1. The van der Waals surface area contributed by atoms with E-state index in [4.69, 9.17) is 4.74 Å². The number of urea groups is 1. The van der Waals surface area contributed by atoms with Crippen LogP contribution in [0.1, 0.15) is 55.8 Å². The SMILES string of the molecule is Cc1ccc([C@H]2OCCC[C@@H]2CNC(=O)NC2CCC(O)CC2)cc1. The van der Waals surface area contributed by atoms with Crippen molar-refractivity contribution >= 4 is 6.03 Å². The molecule has 1 saturated carbocycles. The predicted octanol–water partition coefficient (Wildman–Crippen LogP) is 3.07. The molecule has 25 heavy (non-hydrogen) atoms. The molecule has 1 heterocycles. The summed E-state index contributed by atoms with van der Waals surface area (Å²) in [5, 5.41) is 15.6. The van der Waals surface area contributed by atoms with E-state index in [1.807, 2.05) is 0 Å². The average molecular weight is 346 g/mol. The van der Waals surface area contributed by atoms with Gasteiger partial charge in [0.1, 0.15) is 0 Å². The minimum atomic E-state index is -0.198. The highest BCUT2D eigenvalue weighted by molar-refractivity contribution is 5.74. The minimum Gasteiger partial charge on any atom is -0.393 e. The monoisotopic (exact) mass is 346 g/mol. The van der Waals surface area contributed by atoms with Crippen LogP contribution in [0.25, 0.3) is 0 Å². The van der Waals surface area contributed by atoms with Crippen LogP contribution in [-0.4, -0.2) is 36.4 Å². The van der Waals surface area contributed by atoms with Gasteiger partial charge in [-0.25, -0.2) is 4.79 Å². The van der Waals surface area contributed by atoms with Crippen LogP contribution in [0.5, 0.6) is 0 Å². The van der Waals surface area contributed by atoms with Crippen molar-refractivity contribution in [1.29, 1.82) is 0 Å². The molecule has 0 radical (unpaired) electrons. The number of hydrogen-bond donors (Lipinski definition) is 3. The van der Waals surface area contributed by atoms with Gasteiger partial charge in [0, 0.05) is 25.1 Å². The van der Waals surface area contributed by atoms with Gasteiger partial charge >= 0.3 is 6.03 Å². The van der Waals surface area contributed by atoms with Crippen molar-refractivity contribution in [2.45, 2.75) is 63.7 Å². The predicted molar refractivity (Wildman–Crippen MR) is 97.4 cm³/mol. The molecule has 1 saturated heterocycles. The summed E-state index contributed by atoms with van der Waals surface area (Å²) in [7, 11) is 0. The largest absolute Gasteiger partial charge is 0.393 e. The number of hydrogen-bond acceptors (Lipinski definition) is 3. The van der Waals surface area contributed by atoms with Crippen LogP contribution in [0, 0.1) is 12.8 Å². The van der Waals surface area contributed by atoms with Crippen molar-refractivity contribution in [3.8, 4) is 0 Å². The smallest absolute Gasteiger partial charge is 0.315 e. The standard InChI is InChI=1S/C20H30N2O3/c1-14-4-6-15(7-5-14)19-16(3-2-12-25-19)13-21-20(24)22-17-8-10-18(23)11-9-17/h4-7,16-19,23H,2-3,8-13H2,1H3,(H2,21,22,24)/t16-,17?,18?,19-/m1/s1. The molecule has 1 aliphatic carbocycles. The van der Waals surface area contributed by atoms with Crippen LogP contribution >= 0.6 is 0 Å². The van der Waals surface area contributed by atoms with E-state index >= 15 is 0 Å². The molecule has 5 nitrogen and oxygen atoms in total. The minimum absolute atomic E-state index is 0.0551. The summed E-state index contributed by atoms with van der Waals surface area (Å²) >= 11 is 0. The van der Waals surface area contributed by atoms with E-state index in [0.717, 1.165) is 45.1 Å². The zero-order chi connectivity index (χ0) is 17.6. The van der Waals surface area contributed by atoms with Crippen LogP contribution in [-0.2, 0) is 4.74 Å². The summed E-state index contributed by atoms with van der Waals surface area (Å²) in [4.78, 5) is 12.2. The Bertz CT molecular complexity index is 553. The summed E-state index contributed by atoms with van der Waals surface area (Å²) in [5.41, 5.74) is 2.44. The van der Waals surface area contributed by atoms with Gasteiger partial charge in [-0.05, 0) is 51.0 Å². The van der Waals surface area contributed by atoms with Crippen LogP contribution in [0.4, 0.5) is 4.79 Å². The molecule has 3 rings (SSSR count). The Morgan fingerprint density at radius 2 is 1.88 bits per heavy atom. The molecule has 3 N–H and O–H groups in total. The summed E-state index contributed by atoms with van der Waals surface area (Å²) in [5.74, 6) is 0.301. The van der Waals surface area contributed by atoms with Crippen LogP contribution in [0.2, 0.25) is 0 Å². The molecule has 2 aliphatic rings. The molecule has 5 heteroatoms. The second-order valence-corrected chi connectivity index (χ2v) is 7.46. The first-order valence-electron chi connectivity index (χ1n) is 9.52. The van der Waals surface area contributed by atoms with E-state index < -0.39 is 0 Å². The topological polar surface area (TPSA) is 70.6 Å². The van der Waals surface area contributed by atoms with E-state index in [1.165, 1.54) is 11.1 Å². The second kappa shape index (κ2) is 8.68. The molecule has 138 valence electrons. The number of carbonyl (C=O) groups is 1. The average Bonchev–Trinajstić information content (AvgIpc) is 2.63. The van der Waals surface area contributed by atoms with E-state index in [0.29, 0.717) is 12.5 Å². The molecule has 2 amide bonds. The molecule has 1 aromatic rings. The fourth-order valence-electron chi connectivity index (χ4n) is 3.86. The molecule has 1 aliphatic heterocycles. The van der Waals surface area contributed by atoms with Gasteiger partial charge in [0.15, 0.2) is 0 Å². The molecule has 0 spiro atoms. The molecular weight excluding hydrogens is 316 g/mol. The highest BCUT2D eigenvalue weighted by atomic mass is 16.5. The van der Waals surface area contributed by atoms with Gasteiger partial charge in [-0.2, -0.15) is 0 Å². The zero-order valence-corrected chi connectivity index (χ0v) is 15.0. The third-order valence-corrected chi connectivity index (χ3v) is 5.41. The van der Waals surface area contributed by atoms with Crippen LogP contribution in [0.3, 0.4) is 0 Å². The molecule has 0 unspecified atom stereocenters. The second-order valence-electron chi connectivity index (χ2n) is 7.46. The van der Waals surface area contributed by atoms with E-state index in [9.17, 15) is 9.90 Å². The molecule has 2 fully saturated rings. The maximum absolute atomic E-state index is 12.2. The Morgan fingerprint density at radius 1 is 1.16 bits per heavy atom. The quantitative estimate of drug-likeness (QED) is 0.785. The number of amides is 2. The van der Waals surface area contributed by atoms with Gasteiger partial charge < -0.3 is 20.5 Å². The van der Waals surface area contributed by atoms with Crippen molar-refractivity contribution in [3.63, 3.8) is 0 Å². The first kappa shape index (κ1) is 18.2. The van der Waals surface area contributed by atoms with Crippen molar-refractivity contribution in [1.82, 2.24) is 10.6 Å². The van der Waals surface area contributed by atoms with Gasteiger partial charge in [-0.1, -0.05) is 29.8 Å². The number of carbonyl (C=O) groups excluding carboxylic acids is 1. The molecular formula is C20H30N2O3. The number of nitrogens with one attached hydrogen (secondary N) is 2. The van der Waals surface area contributed by atoms with Gasteiger partial charge in [0.05, 0.1) is 12.2 Å². The summed E-state index contributed by atoms with van der Waals surface area (Å²) in [6.07, 6.45) is 5.22. The first-order valence-corrected chi connectivity index (χ1v) is 9.52. The lowest BCUT2D eigenvalue weighted by atomic mass is 9.89. The molecule has 1 aromatic carbocycles. The number of aliphatic hydroxyl groups is 1. The van der Waals surface area contributed by atoms with Crippen molar-refractivity contribution in [3.05, 3.63) is 35.4 Å². The highest BCUT2D eigenvalue weighted by Crippen LogP contribution is 2.33. The van der Waals surface area contributed by atoms with Gasteiger partial charge in [0.2, 0.25) is 0 Å². The Morgan fingerprint density at radius 3 is 2.60 bits per heavy atom. The molecule has 0 aromatic heterocycles. The molecule has 0 bridgehead atoms. The Labute approximate surface area is 150 Å². The normalized spacial score (nSPS) is 29.8. The third kappa shape index (κ3) is 5.19. The Kier molecular flexibility index (Phi) is 6.32. The number of rotatable bonds is 4. The number of aryl methyl sites for hydroxylation is 1. The fraction of sp³-hybridized carbons (Fsp3) is 0.650. The lowest BCUT2D eigenvalue weighted by molar-refractivity contribution is -0.0269. The van der Waals surface area contributed by atoms with Crippen molar-refractivity contribution < 1.29 is 14.6 Å². The fourth-order valence-corrected chi connectivity index (χ4v) is 3.86. The summed E-state index contributed by atoms with van der Waals surface area (Å²) < 4.78 is 6.01. The maximum Gasteiger partial charge on any atom is 0.315 e. The first-order chi connectivity index (χ1) is 12.1.